The third-order valence-electron chi connectivity index (χ3n) is 4.94. The number of carbonyl (C=O) groups excluding carboxylic acids is 1. The van der Waals surface area contributed by atoms with Gasteiger partial charge in [-0.2, -0.15) is 0 Å². The van der Waals surface area contributed by atoms with Gasteiger partial charge < -0.3 is 4.74 Å². The summed E-state index contributed by atoms with van der Waals surface area (Å²) in [6, 6.07) is 17.6. The Balaban J connectivity index is 1.66. The smallest absolute Gasteiger partial charge is 0.322 e. The van der Waals surface area contributed by atoms with Crippen LogP contribution in [0.1, 0.15) is 45.1 Å². The average Bonchev–Trinajstić information content (AvgIpc) is 3.40. The number of rotatable bonds is 6. The second-order valence-corrected chi connectivity index (χ2v) is 10.5. The van der Waals surface area contributed by atoms with Crippen molar-refractivity contribution in [3.05, 3.63) is 54.1 Å². The standard InChI is InChI=1S/C23H24O2S2/c1-4-25-22(24)23(2,3)27-21-14-13-20(26-21)19-12-11-16(15-9-10-15)17-7-5-6-8-18(17)19/h5-8,11-15H,4,9-10H2,1-3H3. The molecule has 0 saturated heterocycles. The number of hydrogen-bond acceptors (Lipinski definition) is 4. The second kappa shape index (κ2) is 7.33. The predicted molar refractivity (Wildman–Crippen MR) is 116 cm³/mol. The summed E-state index contributed by atoms with van der Waals surface area (Å²) in [4.78, 5) is 13.4. The van der Waals surface area contributed by atoms with Crippen molar-refractivity contribution in [3.63, 3.8) is 0 Å². The van der Waals surface area contributed by atoms with E-state index in [0.717, 1.165) is 10.1 Å². The summed E-state index contributed by atoms with van der Waals surface area (Å²) >= 11 is 3.33. The quantitative estimate of drug-likeness (QED) is 0.335. The van der Waals surface area contributed by atoms with Crippen LogP contribution in [0.2, 0.25) is 0 Å². The van der Waals surface area contributed by atoms with Crippen LogP contribution in [0.25, 0.3) is 21.2 Å². The molecule has 1 fully saturated rings. The number of carbonyl (C=O) groups is 1. The largest absolute Gasteiger partial charge is 0.465 e. The van der Waals surface area contributed by atoms with Gasteiger partial charge in [0.1, 0.15) is 4.75 Å². The van der Waals surface area contributed by atoms with Crippen molar-refractivity contribution in [2.75, 3.05) is 6.61 Å². The van der Waals surface area contributed by atoms with E-state index in [1.807, 2.05) is 20.8 Å². The molecule has 1 aromatic heterocycles. The molecule has 1 heterocycles. The zero-order chi connectivity index (χ0) is 19.0. The molecule has 0 aliphatic heterocycles. The molecule has 4 heteroatoms. The van der Waals surface area contributed by atoms with E-state index in [-0.39, 0.29) is 5.97 Å². The lowest BCUT2D eigenvalue weighted by Gasteiger charge is -2.20. The van der Waals surface area contributed by atoms with E-state index >= 15 is 0 Å². The molecule has 1 aliphatic rings. The number of thioether (sulfide) groups is 1. The van der Waals surface area contributed by atoms with Gasteiger partial charge in [-0.05, 0) is 73.6 Å². The lowest BCUT2D eigenvalue weighted by Crippen LogP contribution is -2.29. The van der Waals surface area contributed by atoms with Gasteiger partial charge in [-0.15, -0.1) is 11.3 Å². The maximum atomic E-state index is 12.2. The fraction of sp³-hybridized carbons (Fsp3) is 0.348. The van der Waals surface area contributed by atoms with Crippen molar-refractivity contribution in [3.8, 4) is 10.4 Å². The molecule has 3 aromatic rings. The highest BCUT2D eigenvalue weighted by molar-refractivity contribution is 8.03. The number of benzene rings is 2. The molecule has 0 unspecified atom stereocenters. The van der Waals surface area contributed by atoms with Gasteiger partial charge >= 0.3 is 5.97 Å². The van der Waals surface area contributed by atoms with Crippen LogP contribution < -0.4 is 0 Å². The van der Waals surface area contributed by atoms with Crippen molar-refractivity contribution >= 4 is 39.8 Å². The molecule has 2 aromatic carbocycles. The summed E-state index contributed by atoms with van der Waals surface area (Å²) in [5.74, 6) is 0.577. The summed E-state index contributed by atoms with van der Waals surface area (Å²) in [7, 11) is 0. The van der Waals surface area contributed by atoms with Crippen LogP contribution in [-0.4, -0.2) is 17.3 Å². The van der Waals surface area contributed by atoms with E-state index in [2.05, 4.69) is 48.5 Å². The lowest BCUT2D eigenvalue weighted by atomic mass is 9.96. The summed E-state index contributed by atoms with van der Waals surface area (Å²) in [5.41, 5.74) is 2.77. The fourth-order valence-electron chi connectivity index (χ4n) is 3.41. The zero-order valence-electron chi connectivity index (χ0n) is 16.0. The Morgan fingerprint density at radius 2 is 1.85 bits per heavy atom. The Morgan fingerprint density at radius 1 is 1.11 bits per heavy atom. The highest BCUT2D eigenvalue weighted by Gasteiger charge is 2.31. The van der Waals surface area contributed by atoms with Gasteiger partial charge in [-0.3, -0.25) is 4.79 Å². The maximum Gasteiger partial charge on any atom is 0.322 e. The third-order valence-corrected chi connectivity index (χ3v) is 7.37. The maximum absolute atomic E-state index is 12.2. The summed E-state index contributed by atoms with van der Waals surface area (Å²) in [6.07, 6.45) is 2.62. The van der Waals surface area contributed by atoms with Gasteiger partial charge in [-0.25, -0.2) is 0 Å². The van der Waals surface area contributed by atoms with E-state index in [1.54, 1.807) is 23.1 Å². The van der Waals surface area contributed by atoms with Crippen LogP contribution in [0.15, 0.2) is 52.7 Å². The molecule has 140 valence electrons. The van der Waals surface area contributed by atoms with Crippen LogP contribution in [0, 0.1) is 0 Å². The Bertz CT molecular complexity index is 983. The number of esters is 1. The highest BCUT2D eigenvalue weighted by atomic mass is 32.2. The van der Waals surface area contributed by atoms with Crippen molar-refractivity contribution in [1.82, 2.24) is 0 Å². The van der Waals surface area contributed by atoms with Gasteiger partial charge in [0.25, 0.3) is 0 Å². The second-order valence-electron chi connectivity index (χ2n) is 7.47. The fourth-order valence-corrected chi connectivity index (χ4v) is 6.02. The number of fused-ring (bicyclic) bond motifs is 1. The van der Waals surface area contributed by atoms with Crippen molar-refractivity contribution in [2.24, 2.45) is 0 Å². The predicted octanol–water partition coefficient (Wildman–Crippen LogP) is 6.88. The van der Waals surface area contributed by atoms with Crippen LogP contribution in [0.4, 0.5) is 0 Å². The SMILES string of the molecule is CCOC(=O)C(C)(C)Sc1ccc(-c2ccc(C3CC3)c3ccccc23)s1. The lowest BCUT2D eigenvalue weighted by molar-refractivity contribution is -0.145. The molecule has 1 saturated carbocycles. The van der Waals surface area contributed by atoms with Gasteiger partial charge in [0, 0.05) is 4.88 Å². The van der Waals surface area contributed by atoms with Crippen LogP contribution >= 0.6 is 23.1 Å². The Hall–Kier alpha value is -1.78. The normalized spacial score (nSPS) is 14.5. The molecule has 1 aliphatic carbocycles. The van der Waals surface area contributed by atoms with Crippen LogP contribution in [-0.2, 0) is 9.53 Å². The molecule has 0 spiro atoms. The van der Waals surface area contributed by atoms with Crippen LogP contribution in [0.3, 0.4) is 0 Å². The highest BCUT2D eigenvalue weighted by Crippen LogP contribution is 2.46. The van der Waals surface area contributed by atoms with Gasteiger partial charge in [0.05, 0.1) is 10.8 Å². The molecule has 0 N–H and O–H groups in total. The van der Waals surface area contributed by atoms with Gasteiger partial charge in [0.2, 0.25) is 0 Å². The third kappa shape index (κ3) is 3.78. The van der Waals surface area contributed by atoms with E-state index in [1.165, 1.54) is 39.6 Å². The first-order chi connectivity index (χ1) is 13.0. The molecular weight excluding hydrogens is 372 g/mol. The summed E-state index contributed by atoms with van der Waals surface area (Å²) < 4.78 is 5.76. The van der Waals surface area contributed by atoms with Crippen molar-refractivity contribution in [1.29, 1.82) is 0 Å². The topological polar surface area (TPSA) is 26.3 Å². The first kappa shape index (κ1) is 18.6. The zero-order valence-corrected chi connectivity index (χ0v) is 17.6. The molecular formula is C23H24O2S2. The van der Waals surface area contributed by atoms with Crippen molar-refractivity contribution in [2.45, 2.75) is 48.5 Å². The average molecular weight is 397 g/mol. The molecule has 0 atom stereocenters. The first-order valence-electron chi connectivity index (χ1n) is 9.47. The first-order valence-corrected chi connectivity index (χ1v) is 11.1. The van der Waals surface area contributed by atoms with Crippen molar-refractivity contribution < 1.29 is 9.53 Å². The monoisotopic (exact) mass is 396 g/mol. The Morgan fingerprint density at radius 3 is 2.56 bits per heavy atom. The number of ether oxygens (including phenoxy) is 1. The van der Waals surface area contributed by atoms with Gasteiger partial charge in [-0.1, -0.05) is 48.2 Å². The van der Waals surface area contributed by atoms with E-state index in [4.69, 9.17) is 4.74 Å². The summed E-state index contributed by atoms with van der Waals surface area (Å²) in [5, 5.41) is 2.71. The molecule has 0 amide bonds. The molecule has 4 rings (SSSR count). The van der Waals surface area contributed by atoms with Crippen LogP contribution in [0.5, 0.6) is 0 Å². The molecule has 0 radical (unpaired) electrons. The Labute approximate surface area is 168 Å². The minimum atomic E-state index is -0.587. The van der Waals surface area contributed by atoms with Gasteiger partial charge in [0.15, 0.2) is 0 Å². The Kier molecular flexibility index (Phi) is 5.04. The molecule has 27 heavy (non-hydrogen) atoms. The minimum Gasteiger partial charge on any atom is -0.465 e. The van der Waals surface area contributed by atoms with E-state index in [0.29, 0.717) is 6.61 Å². The number of thiophene rings is 1. The van der Waals surface area contributed by atoms with E-state index in [9.17, 15) is 4.79 Å². The molecule has 2 nitrogen and oxygen atoms in total. The minimum absolute atomic E-state index is 0.163. The number of hydrogen-bond donors (Lipinski definition) is 0. The molecule has 0 bridgehead atoms. The summed E-state index contributed by atoms with van der Waals surface area (Å²) in [6.45, 7) is 6.11. The van der Waals surface area contributed by atoms with E-state index < -0.39 is 4.75 Å².